The summed E-state index contributed by atoms with van der Waals surface area (Å²) in [5.74, 6) is 0. The molecule has 0 amide bonds. The van der Waals surface area contributed by atoms with Gasteiger partial charge in [-0.2, -0.15) is 0 Å². The third kappa shape index (κ3) is 2.56. The summed E-state index contributed by atoms with van der Waals surface area (Å²) in [4.78, 5) is 0. The van der Waals surface area contributed by atoms with E-state index in [1.54, 1.807) is 11.3 Å². The lowest BCUT2D eigenvalue weighted by molar-refractivity contribution is 0.728. The second-order valence-electron chi connectivity index (χ2n) is 2.04. The van der Waals surface area contributed by atoms with Crippen molar-refractivity contribution in [2.45, 2.75) is 13.5 Å². The summed E-state index contributed by atoms with van der Waals surface area (Å²) in [6.07, 6.45) is 0. The summed E-state index contributed by atoms with van der Waals surface area (Å²) in [6, 6.07) is 2.22. The highest BCUT2D eigenvalue weighted by Crippen LogP contribution is 2.15. The minimum Gasteiger partial charge on any atom is -0.313 e. The molecule has 56 valence electrons. The normalized spacial score (nSPS) is 10.2. The van der Waals surface area contributed by atoms with Gasteiger partial charge in [0.1, 0.15) is 0 Å². The predicted octanol–water partition coefficient (Wildman–Crippen LogP) is 2.46. The van der Waals surface area contributed by atoms with E-state index in [2.05, 4.69) is 46.3 Å². The Labute approximate surface area is 79.0 Å². The summed E-state index contributed by atoms with van der Waals surface area (Å²) in [7, 11) is 0. The molecule has 0 aliphatic heterocycles. The van der Waals surface area contributed by atoms with Crippen LogP contribution in [-0.4, -0.2) is 6.54 Å². The van der Waals surface area contributed by atoms with Crippen LogP contribution in [0.25, 0.3) is 0 Å². The van der Waals surface area contributed by atoms with Gasteiger partial charge in [-0.25, -0.2) is 0 Å². The van der Waals surface area contributed by atoms with Gasteiger partial charge in [0.2, 0.25) is 0 Å². The summed E-state index contributed by atoms with van der Waals surface area (Å²) in [5.41, 5.74) is 1.40. The van der Waals surface area contributed by atoms with E-state index in [-0.39, 0.29) is 0 Å². The van der Waals surface area contributed by atoms with Crippen LogP contribution in [-0.2, 0) is 6.54 Å². The van der Waals surface area contributed by atoms with E-state index in [1.165, 1.54) is 8.45 Å². The van der Waals surface area contributed by atoms with Crippen molar-refractivity contribution in [2.24, 2.45) is 0 Å². The fourth-order valence-electron chi connectivity index (χ4n) is 0.708. The molecule has 3 heteroatoms. The maximum atomic E-state index is 3.28. The highest BCUT2D eigenvalue weighted by Gasteiger charge is 1.93. The van der Waals surface area contributed by atoms with Crippen LogP contribution in [0.5, 0.6) is 0 Å². The minimum absolute atomic E-state index is 1.01. The van der Waals surface area contributed by atoms with Gasteiger partial charge in [-0.15, -0.1) is 11.3 Å². The molecule has 1 N–H and O–H groups in total. The minimum atomic E-state index is 1.01. The predicted molar refractivity (Wildman–Crippen MR) is 54.4 cm³/mol. The molecule has 0 aromatic carbocycles. The number of rotatable bonds is 3. The molecular formula is C7H10INS. The first-order valence-corrected chi connectivity index (χ1v) is 5.22. The molecule has 0 radical (unpaired) electrons. The third-order valence-corrected chi connectivity index (χ3v) is 3.04. The second kappa shape index (κ2) is 4.31. The quantitative estimate of drug-likeness (QED) is 0.829. The molecule has 0 spiro atoms. The number of hydrogen-bond donors (Lipinski definition) is 1. The van der Waals surface area contributed by atoms with Gasteiger partial charge in [0, 0.05) is 6.54 Å². The van der Waals surface area contributed by atoms with E-state index in [1.807, 2.05) is 0 Å². The van der Waals surface area contributed by atoms with E-state index in [9.17, 15) is 0 Å². The third-order valence-electron chi connectivity index (χ3n) is 1.20. The molecule has 0 saturated heterocycles. The van der Waals surface area contributed by atoms with Crippen molar-refractivity contribution >= 4 is 33.9 Å². The lowest BCUT2D eigenvalue weighted by atomic mass is 10.3. The van der Waals surface area contributed by atoms with Crippen molar-refractivity contribution in [2.75, 3.05) is 6.54 Å². The molecular weight excluding hydrogens is 257 g/mol. The Balaban J connectivity index is 2.42. The smallest absolute Gasteiger partial charge is 0.0656 e. The van der Waals surface area contributed by atoms with Crippen LogP contribution >= 0.6 is 33.9 Å². The monoisotopic (exact) mass is 267 g/mol. The molecule has 10 heavy (non-hydrogen) atoms. The van der Waals surface area contributed by atoms with Gasteiger partial charge >= 0.3 is 0 Å². The molecule has 0 unspecified atom stereocenters. The Morgan fingerprint density at radius 1 is 1.70 bits per heavy atom. The largest absolute Gasteiger partial charge is 0.313 e. The first-order chi connectivity index (χ1) is 4.83. The van der Waals surface area contributed by atoms with Gasteiger partial charge < -0.3 is 5.32 Å². The van der Waals surface area contributed by atoms with E-state index < -0.39 is 0 Å². The van der Waals surface area contributed by atoms with Crippen LogP contribution in [0.1, 0.15) is 12.5 Å². The van der Waals surface area contributed by atoms with Crippen LogP contribution in [0.2, 0.25) is 0 Å². The van der Waals surface area contributed by atoms with Gasteiger partial charge in [0.05, 0.1) is 2.88 Å². The van der Waals surface area contributed by atoms with Crippen molar-refractivity contribution < 1.29 is 0 Å². The maximum absolute atomic E-state index is 3.28. The average Bonchev–Trinajstić information content (AvgIpc) is 2.31. The number of hydrogen-bond acceptors (Lipinski definition) is 2. The number of halogens is 1. The summed E-state index contributed by atoms with van der Waals surface area (Å²) < 4.78 is 1.37. The molecule has 1 aromatic heterocycles. The summed E-state index contributed by atoms with van der Waals surface area (Å²) in [6.45, 7) is 4.18. The zero-order chi connectivity index (χ0) is 7.40. The zero-order valence-electron chi connectivity index (χ0n) is 5.86. The highest BCUT2D eigenvalue weighted by molar-refractivity contribution is 14.1. The molecule has 1 aromatic rings. The van der Waals surface area contributed by atoms with Gasteiger partial charge in [-0.05, 0) is 46.1 Å². The maximum Gasteiger partial charge on any atom is 0.0656 e. The fourth-order valence-corrected chi connectivity index (χ4v) is 2.12. The standard InChI is InChI=1S/C7H10INS/c1-2-9-4-6-3-7(8)10-5-6/h3,5,9H,2,4H2,1H3. The van der Waals surface area contributed by atoms with Crippen molar-refractivity contribution in [1.29, 1.82) is 0 Å². The molecule has 0 aliphatic rings. The van der Waals surface area contributed by atoms with Crippen molar-refractivity contribution in [1.82, 2.24) is 5.32 Å². The van der Waals surface area contributed by atoms with Crippen molar-refractivity contribution in [3.05, 3.63) is 19.9 Å². The Hall–Kier alpha value is 0.390. The molecule has 0 aliphatic carbocycles. The van der Waals surface area contributed by atoms with E-state index in [0.29, 0.717) is 0 Å². The van der Waals surface area contributed by atoms with Gasteiger partial charge in [0.15, 0.2) is 0 Å². The van der Waals surface area contributed by atoms with Crippen LogP contribution in [0.4, 0.5) is 0 Å². The SMILES string of the molecule is CCNCc1csc(I)c1. The van der Waals surface area contributed by atoms with Gasteiger partial charge in [-0.1, -0.05) is 6.92 Å². The van der Waals surface area contributed by atoms with Crippen LogP contribution in [0.15, 0.2) is 11.4 Å². The van der Waals surface area contributed by atoms with Crippen molar-refractivity contribution in [3.63, 3.8) is 0 Å². The first kappa shape index (κ1) is 8.49. The van der Waals surface area contributed by atoms with Crippen LogP contribution in [0, 0.1) is 2.88 Å². The Morgan fingerprint density at radius 2 is 2.50 bits per heavy atom. The molecule has 0 saturated carbocycles. The lowest BCUT2D eigenvalue weighted by Gasteiger charge is -1.95. The van der Waals surface area contributed by atoms with E-state index >= 15 is 0 Å². The molecule has 0 atom stereocenters. The first-order valence-electron chi connectivity index (χ1n) is 3.26. The summed E-state index contributed by atoms with van der Waals surface area (Å²) in [5, 5.41) is 5.48. The molecule has 1 heterocycles. The molecule has 1 rings (SSSR count). The van der Waals surface area contributed by atoms with E-state index in [4.69, 9.17) is 0 Å². The highest BCUT2D eigenvalue weighted by atomic mass is 127. The van der Waals surface area contributed by atoms with Crippen molar-refractivity contribution in [3.8, 4) is 0 Å². The van der Waals surface area contributed by atoms with E-state index in [0.717, 1.165) is 13.1 Å². The second-order valence-corrected chi connectivity index (χ2v) is 4.84. The zero-order valence-corrected chi connectivity index (χ0v) is 8.83. The average molecular weight is 267 g/mol. The van der Waals surface area contributed by atoms with Crippen LogP contribution in [0.3, 0.4) is 0 Å². The van der Waals surface area contributed by atoms with Crippen LogP contribution < -0.4 is 5.32 Å². The molecule has 1 nitrogen and oxygen atoms in total. The number of nitrogens with one attached hydrogen (secondary N) is 1. The van der Waals surface area contributed by atoms with Gasteiger partial charge in [-0.3, -0.25) is 0 Å². The van der Waals surface area contributed by atoms with Gasteiger partial charge in [0.25, 0.3) is 0 Å². The summed E-state index contributed by atoms with van der Waals surface area (Å²) >= 11 is 4.14. The lowest BCUT2D eigenvalue weighted by Crippen LogP contribution is -2.10. The number of thiophene rings is 1. The molecule has 0 bridgehead atoms. The Bertz CT molecular complexity index is 197. The fraction of sp³-hybridized carbons (Fsp3) is 0.429. The Morgan fingerprint density at radius 3 is 3.00 bits per heavy atom. The topological polar surface area (TPSA) is 12.0 Å². The Kier molecular flexibility index (Phi) is 3.65. The molecule has 0 fully saturated rings.